The summed E-state index contributed by atoms with van der Waals surface area (Å²) in [6.45, 7) is 0. The molecule has 0 aliphatic rings. The Morgan fingerprint density at radius 1 is 1.18 bits per heavy atom. The molecule has 0 atom stereocenters. The maximum Gasteiger partial charge on any atom is 0.216 e. The van der Waals surface area contributed by atoms with Crippen molar-refractivity contribution in [1.82, 2.24) is 19.9 Å². The van der Waals surface area contributed by atoms with Gasteiger partial charge in [-0.1, -0.05) is 29.3 Å². The van der Waals surface area contributed by atoms with E-state index in [9.17, 15) is 0 Å². The van der Waals surface area contributed by atoms with E-state index in [1.807, 2.05) is 12.1 Å². The van der Waals surface area contributed by atoms with Gasteiger partial charge in [0.1, 0.15) is 0 Å². The summed E-state index contributed by atoms with van der Waals surface area (Å²) < 4.78 is 1.85. The zero-order valence-electron chi connectivity index (χ0n) is 11.1. The summed E-state index contributed by atoms with van der Waals surface area (Å²) in [6, 6.07) is 8.93. The maximum absolute atomic E-state index is 6.12. The predicted molar refractivity (Wildman–Crippen MR) is 90.1 cm³/mol. The highest BCUT2D eigenvalue weighted by Gasteiger charge is 2.08. The summed E-state index contributed by atoms with van der Waals surface area (Å²) in [7, 11) is 0. The van der Waals surface area contributed by atoms with Gasteiger partial charge < -0.3 is 0 Å². The van der Waals surface area contributed by atoms with Crippen LogP contribution in [0, 0.1) is 4.77 Å². The third-order valence-electron chi connectivity index (χ3n) is 2.87. The summed E-state index contributed by atoms with van der Waals surface area (Å²) in [6.07, 6.45) is 4.91. The zero-order chi connectivity index (χ0) is 15.5. The summed E-state index contributed by atoms with van der Waals surface area (Å²) in [5, 5.41) is 12.2. The Hall–Kier alpha value is -2.02. The second kappa shape index (κ2) is 6.39. The number of nitrogens with zero attached hydrogens (tertiary/aromatic N) is 4. The number of nitrogens with one attached hydrogen (secondary N) is 1. The number of H-pyrrole nitrogens is 1. The third-order valence-corrected chi connectivity index (χ3v) is 3.80. The minimum atomic E-state index is 0.360. The molecule has 0 saturated heterocycles. The molecular weight excluding hydrogens is 341 g/mol. The third kappa shape index (κ3) is 2.94. The van der Waals surface area contributed by atoms with Crippen molar-refractivity contribution in [3.05, 3.63) is 63.1 Å². The van der Waals surface area contributed by atoms with Gasteiger partial charge >= 0.3 is 0 Å². The van der Waals surface area contributed by atoms with Gasteiger partial charge in [0.15, 0.2) is 5.82 Å². The molecule has 3 rings (SSSR count). The molecule has 0 aliphatic carbocycles. The van der Waals surface area contributed by atoms with E-state index in [4.69, 9.17) is 35.4 Å². The molecule has 2 heterocycles. The topological polar surface area (TPSA) is 58.9 Å². The maximum atomic E-state index is 6.12. The molecule has 1 aromatic carbocycles. The lowest BCUT2D eigenvalue weighted by atomic mass is 10.2. The van der Waals surface area contributed by atoms with Crippen LogP contribution in [-0.2, 0) is 0 Å². The molecule has 0 radical (unpaired) electrons. The van der Waals surface area contributed by atoms with Crippen molar-refractivity contribution in [2.75, 3.05) is 0 Å². The van der Waals surface area contributed by atoms with Crippen LogP contribution in [0.4, 0.5) is 0 Å². The van der Waals surface area contributed by atoms with Gasteiger partial charge in [0.05, 0.1) is 16.3 Å². The average molecular weight is 350 g/mol. The lowest BCUT2D eigenvalue weighted by Crippen LogP contribution is -1.96. The van der Waals surface area contributed by atoms with Crippen molar-refractivity contribution in [3.8, 4) is 11.4 Å². The van der Waals surface area contributed by atoms with Gasteiger partial charge in [0.25, 0.3) is 0 Å². The number of hydrogen-bond donors (Lipinski definition) is 1. The SMILES string of the molecule is S=c1[nH]nc(-c2cccnc2)n1/N=C/c1c(Cl)cccc1Cl. The first-order valence-corrected chi connectivity index (χ1v) is 7.39. The highest BCUT2D eigenvalue weighted by Crippen LogP contribution is 2.22. The zero-order valence-corrected chi connectivity index (χ0v) is 13.4. The van der Waals surface area contributed by atoms with E-state index in [-0.39, 0.29) is 0 Å². The molecule has 3 aromatic rings. The monoisotopic (exact) mass is 349 g/mol. The molecule has 22 heavy (non-hydrogen) atoms. The summed E-state index contributed by atoms with van der Waals surface area (Å²) >= 11 is 17.4. The number of aromatic nitrogens is 4. The standard InChI is InChI=1S/C14H9Cl2N5S/c15-11-4-1-5-12(16)10(11)8-18-21-13(19-20-14(21)22)9-3-2-6-17-7-9/h1-8H,(H,20,22)/b18-8+. The lowest BCUT2D eigenvalue weighted by molar-refractivity contribution is 0.871. The first kappa shape index (κ1) is 14.9. The molecular formula is C14H9Cl2N5S. The minimum absolute atomic E-state index is 0.360. The van der Waals surface area contributed by atoms with E-state index in [0.29, 0.717) is 26.2 Å². The molecule has 0 aliphatic heterocycles. The van der Waals surface area contributed by atoms with Gasteiger partial charge in [0, 0.05) is 23.5 Å². The van der Waals surface area contributed by atoms with Gasteiger partial charge in [-0.15, -0.1) is 0 Å². The molecule has 8 heteroatoms. The van der Waals surface area contributed by atoms with Crippen molar-refractivity contribution < 1.29 is 0 Å². The summed E-state index contributed by atoms with van der Waals surface area (Å²) in [4.78, 5) is 4.06. The van der Waals surface area contributed by atoms with Crippen molar-refractivity contribution in [1.29, 1.82) is 0 Å². The molecule has 110 valence electrons. The van der Waals surface area contributed by atoms with Crippen LogP contribution in [0.15, 0.2) is 47.8 Å². The fraction of sp³-hybridized carbons (Fsp3) is 0. The first-order chi connectivity index (χ1) is 10.7. The molecule has 1 N–H and O–H groups in total. The molecule has 0 fully saturated rings. The summed E-state index contributed by atoms with van der Waals surface area (Å²) in [5.74, 6) is 0.553. The van der Waals surface area contributed by atoms with Crippen molar-refractivity contribution in [3.63, 3.8) is 0 Å². The van der Waals surface area contributed by atoms with E-state index in [2.05, 4.69) is 20.3 Å². The highest BCUT2D eigenvalue weighted by atomic mass is 35.5. The van der Waals surface area contributed by atoms with E-state index in [1.54, 1.807) is 36.8 Å². The Labute approximate surface area is 141 Å². The molecule has 0 saturated carbocycles. The Kier molecular flexibility index (Phi) is 4.33. The lowest BCUT2D eigenvalue weighted by Gasteiger charge is -2.02. The van der Waals surface area contributed by atoms with E-state index in [0.717, 1.165) is 5.56 Å². The number of halogens is 2. The summed E-state index contributed by atoms with van der Waals surface area (Å²) in [5.41, 5.74) is 1.41. The number of hydrogen-bond acceptors (Lipinski definition) is 4. The van der Waals surface area contributed by atoms with Crippen LogP contribution in [0.1, 0.15) is 5.56 Å². The van der Waals surface area contributed by atoms with Crippen LogP contribution in [-0.4, -0.2) is 26.1 Å². The van der Waals surface area contributed by atoms with Crippen LogP contribution in [0.25, 0.3) is 11.4 Å². The van der Waals surface area contributed by atoms with Gasteiger partial charge in [-0.3, -0.25) is 4.98 Å². The van der Waals surface area contributed by atoms with Gasteiger partial charge in [-0.2, -0.15) is 14.9 Å². The Balaban J connectivity index is 2.05. The molecule has 0 spiro atoms. The minimum Gasteiger partial charge on any atom is -0.264 e. The van der Waals surface area contributed by atoms with E-state index >= 15 is 0 Å². The van der Waals surface area contributed by atoms with Crippen molar-refractivity contribution in [2.45, 2.75) is 0 Å². The second-order valence-electron chi connectivity index (χ2n) is 4.29. The molecule has 0 bridgehead atoms. The van der Waals surface area contributed by atoms with Crippen LogP contribution in [0.3, 0.4) is 0 Å². The van der Waals surface area contributed by atoms with Crippen LogP contribution >= 0.6 is 35.4 Å². The van der Waals surface area contributed by atoms with Crippen LogP contribution in [0.5, 0.6) is 0 Å². The van der Waals surface area contributed by atoms with Crippen molar-refractivity contribution in [2.24, 2.45) is 5.10 Å². The fourth-order valence-corrected chi connectivity index (χ4v) is 2.50. The van der Waals surface area contributed by atoms with E-state index in [1.165, 1.54) is 4.68 Å². The van der Waals surface area contributed by atoms with Gasteiger partial charge in [0.2, 0.25) is 4.77 Å². The van der Waals surface area contributed by atoms with Gasteiger partial charge in [-0.25, -0.2) is 5.10 Å². The number of pyridine rings is 1. The average Bonchev–Trinajstić information content (AvgIpc) is 2.89. The molecule has 0 amide bonds. The Bertz CT molecular complexity index is 865. The van der Waals surface area contributed by atoms with Crippen molar-refractivity contribution >= 4 is 41.6 Å². The Morgan fingerprint density at radius 2 is 1.95 bits per heavy atom. The fourth-order valence-electron chi connectivity index (χ4n) is 1.83. The number of aromatic amines is 1. The Morgan fingerprint density at radius 3 is 2.64 bits per heavy atom. The number of benzene rings is 1. The number of rotatable bonds is 3. The first-order valence-electron chi connectivity index (χ1n) is 6.23. The normalized spacial score (nSPS) is 11.2. The highest BCUT2D eigenvalue weighted by molar-refractivity contribution is 7.71. The van der Waals surface area contributed by atoms with Gasteiger partial charge in [-0.05, 0) is 36.5 Å². The van der Waals surface area contributed by atoms with Crippen LogP contribution < -0.4 is 0 Å². The smallest absolute Gasteiger partial charge is 0.216 e. The molecule has 0 unspecified atom stereocenters. The second-order valence-corrected chi connectivity index (χ2v) is 5.49. The molecule has 2 aromatic heterocycles. The predicted octanol–water partition coefficient (Wildman–Crippen LogP) is 4.19. The molecule has 5 nitrogen and oxygen atoms in total. The quantitative estimate of drug-likeness (QED) is 0.569. The van der Waals surface area contributed by atoms with E-state index < -0.39 is 0 Å². The van der Waals surface area contributed by atoms with Crippen LogP contribution in [0.2, 0.25) is 10.0 Å². The largest absolute Gasteiger partial charge is 0.264 e.